The van der Waals surface area contributed by atoms with E-state index in [4.69, 9.17) is 0 Å². The number of benzene rings is 2. The van der Waals surface area contributed by atoms with Gasteiger partial charge in [-0.15, -0.1) is 0 Å². The third-order valence-electron chi connectivity index (χ3n) is 4.59. The Morgan fingerprint density at radius 3 is 2.30 bits per heavy atom. The third kappa shape index (κ3) is 3.95. The highest BCUT2D eigenvalue weighted by molar-refractivity contribution is 7.89. The average molecular weight is 386 g/mol. The van der Waals surface area contributed by atoms with Crippen molar-refractivity contribution in [1.82, 2.24) is 9.37 Å². The zero-order valence-electron chi connectivity index (χ0n) is 15.0. The molecule has 1 aliphatic heterocycles. The Hall–Kier alpha value is -2.48. The van der Waals surface area contributed by atoms with Crippen LogP contribution in [0.3, 0.4) is 0 Å². The van der Waals surface area contributed by atoms with E-state index in [1.807, 2.05) is 30.3 Å². The van der Waals surface area contributed by atoms with E-state index in [1.165, 1.54) is 0 Å². The molecule has 1 aliphatic rings. The zero-order valence-corrected chi connectivity index (χ0v) is 15.8. The molecule has 1 N–H and O–H groups in total. The van der Waals surface area contributed by atoms with Gasteiger partial charge in [-0.2, -0.15) is 4.31 Å². The fraction of sp³-hybridized carbons (Fsp3) is 0.250. The van der Waals surface area contributed by atoms with Crippen molar-refractivity contribution < 1.29 is 18.4 Å². The monoisotopic (exact) mass is 386 g/mol. The van der Waals surface area contributed by atoms with E-state index in [0.29, 0.717) is 5.06 Å². The number of hydrogen-bond acceptors (Lipinski definition) is 4. The molecule has 0 bridgehead atoms. The maximum Gasteiger partial charge on any atom is 0.264 e. The predicted octanol–water partition coefficient (Wildman–Crippen LogP) is 2.91. The van der Waals surface area contributed by atoms with Gasteiger partial charge in [-0.1, -0.05) is 54.6 Å². The second kappa shape index (κ2) is 8.04. The van der Waals surface area contributed by atoms with E-state index < -0.39 is 22.0 Å². The van der Waals surface area contributed by atoms with E-state index >= 15 is 0 Å². The summed E-state index contributed by atoms with van der Waals surface area (Å²) in [6.07, 6.45) is 3.68. The van der Waals surface area contributed by atoms with Crippen molar-refractivity contribution >= 4 is 15.9 Å². The molecule has 0 aromatic heterocycles. The first-order valence-electron chi connectivity index (χ1n) is 8.74. The maximum atomic E-state index is 13.2. The lowest BCUT2D eigenvalue weighted by atomic mass is 10.1. The molecular weight excluding hydrogens is 364 g/mol. The van der Waals surface area contributed by atoms with Crippen molar-refractivity contribution in [2.75, 3.05) is 13.1 Å². The maximum absolute atomic E-state index is 13.2. The summed E-state index contributed by atoms with van der Waals surface area (Å²) in [5.74, 6) is -0.594. The lowest BCUT2D eigenvalue weighted by molar-refractivity contribution is -0.159. The highest BCUT2D eigenvalue weighted by atomic mass is 32.2. The summed E-state index contributed by atoms with van der Waals surface area (Å²) in [7, 11) is -3.89. The van der Waals surface area contributed by atoms with Crippen molar-refractivity contribution in [3.05, 3.63) is 66.7 Å². The number of carbonyl (C=O) groups excluding carboxylic acids is 1. The van der Waals surface area contributed by atoms with Gasteiger partial charge < -0.3 is 0 Å². The van der Waals surface area contributed by atoms with E-state index in [2.05, 4.69) is 0 Å². The molecule has 6 nitrogen and oxygen atoms in total. The van der Waals surface area contributed by atoms with Crippen LogP contribution in [0.15, 0.2) is 71.6 Å². The molecule has 1 unspecified atom stereocenters. The Kier molecular flexibility index (Phi) is 5.74. The number of carbonyl (C=O) groups is 1. The first-order valence-corrected chi connectivity index (χ1v) is 10.2. The van der Waals surface area contributed by atoms with Crippen LogP contribution in [0.5, 0.6) is 0 Å². The second-order valence-electron chi connectivity index (χ2n) is 6.30. The van der Waals surface area contributed by atoms with Crippen molar-refractivity contribution in [3.8, 4) is 11.1 Å². The van der Waals surface area contributed by atoms with Gasteiger partial charge in [0.25, 0.3) is 5.91 Å². The Morgan fingerprint density at radius 1 is 1.11 bits per heavy atom. The van der Waals surface area contributed by atoms with Crippen molar-refractivity contribution in [3.63, 3.8) is 0 Å². The van der Waals surface area contributed by atoms with E-state index in [0.717, 1.165) is 15.4 Å². The summed E-state index contributed by atoms with van der Waals surface area (Å²) in [4.78, 5) is 12.3. The van der Waals surface area contributed by atoms with Crippen LogP contribution in [0.2, 0.25) is 0 Å². The number of amides is 1. The summed E-state index contributed by atoms with van der Waals surface area (Å²) >= 11 is 0. The minimum Gasteiger partial charge on any atom is -0.286 e. The van der Waals surface area contributed by atoms with Gasteiger partial charge in [0.15, 0.2) is 0 Å². The normalized spacial score (nSPS) is 18.0. The third-order valence-corrected chi connectivity index (χ3v) is 6.48. The highest BCUT2D eigenvalue weighted by Gasteiger charge is 2.41. The van der Waals surface area contributed by atoms with Crippen LogP contribution in [0.4, 0.5) is 0 Å². The molecule has 142 valence electrons. The number of hydrogen-bond donors (Lipinski definition) is 1. The molecule has 0 saturated carbocycles. The van der Waals surface area contributed by atoms with Gasteiger partial charge >= 0.3 is 0 Å². The molecule has 0 spiro atoms. The van der Waals surface area contributed by atoms with Crippen LogP contribution in [0.25, 0.3) is 11.1 Å². The lowest BCUT2D eigenvalue weighted by Crippen LogP contribution is -2.44. The lowest BCUT2D eigenvalue weighted by Gasteiger charge is -2.25. The van der Waals surface area contributed by atoms with Gasteiger partial charge in [-0.05, 0) is 36.6 Å². The molecule has 2 aromatic carbocycles. The minimum absolute atomic E-state index is 0.0729. The Labute approximate surface area is 159 Å². The van der Waals surface area contributed by atoms with Crippen LogP contribution in [0, 0.1) is 0 Å². The Bertz CT molecular complexity index is 924. The van der Waals surface area contributed by atoms with Crippen LogP contribution < -0.4 is 0 Å². The van der Waals surface area contributed by atoms with E-state index in [1.54, 1.807) is 43.3 Å². The molecule has 0 radical (unpaired) electrons. The van der Waals surface area contributed by atoms with Gasteiger partial charge in [0.2, 0.25) is 10.0 Å². The van der Waals surface area contributed by atoms with Crippen LogP contribution in [-0.2, 0) is 14.8 Å². The van der Waals surface area contributed by atoms with E-state index in [9.17, 15) is 18.4 Å². The van der Waals surface area contributed by atoms with Gasteiger partial charge in [0.1, 0.15) is 6.04 Å². The summed E-state index contributed by atoms with van der Waals surface area (Å²) in [6.45, 7) is 1.98. The topological polar surface area (TPSA) is 77.9 Å². The Morgan fingerprint density at radius 2 is 1.74 bits per heavy atom. The fourth-order valence-electron chi connectivity index (χ4n) is 3.10. The van der Waals surface area contributed by atoms with Gasteiger partial charge in [0.05, 0.1) is 11.4 Å². The van der Waals surface area contributed by atoms with Gasteiger partial charge in [-0.25, -0.2) is 13.5 Å². The van der Waals surface area contributed by atoms with Crippen LogP contribution >= 0.6 is 0 Å². The summed E-state index contributed by atoms with van der Waals surface area (Å²) in [6, 6.07) is 15.4. The number of allylic oxidation sites excluding steroid dienone is 1. The first kappa shape index (κ1) is 19.3. The van der Waals surface area contributed by atoms with E-state index in [-0.39, 0.29) is 24.4 Å². The number of sulfonamides is 1. The second-order valence-corrected chi connectivity index (χ2v) is 8.19. The summed E-state index contributed by atoms with van der Waals surface area (Å²) < 4.78 is 27.5. The molecular formula is C20H22N2O4S. The molecule has 1 heterocycles. The first-order chi connectivity index (χ1) is 12.9. The highest BCUT2D eigenvalue weighted by Crippen LogP contribution is 2.26. The number of nitrogens with zero attached hydrogens (tertiary/aromatic N) is 2. The molecule has 1 fully saturated rings. The van der Waals surface area contributed by atoms with Crippen LogP contribution in [0.1, 0.15) is 13.3 Å². The fourth-order valence-corrected chi connectivity index (χ4v) is 4.67. The average Bonchev–Trinajstić information content (AvgIpc) is 3.02. The summed E-state index contributed by atoms with van der Waals surface area (Å²) in [5.41, 5.74) is 1.90. The Balaban J connectivity index is 1.93. The molecule has 2 aromatic rings. The van der Waals surface area contributed by atoms with Crippen molar-refractivity contribution in [2.45, 2.75) is 24.3 Å². The number of hydroxylamine groups is 2. The summed E-state index contributed by atoms with van der Waals surface area (Å²) in [5, 5.41) is 10.2. The predicted molar refractivity (Wildman–Crippen MR) is 102 cm³/mol. The standard InChI is InChI=1S/C20H22N2O4S/c1-2-3-14-22(19-13-15-21(24)20(19)23)27(25,26)18-11-9-17(10-12-18)16-7-5-4-6-8-16/h2-12,19,24H,13-15H2,1H3/b3-2+. The molecule has 3 rings (SSSR count). The SMILES string of the molecule is C/C=C/CN(C1CCN(O)C1=O)S(=O)(=O)c1ccc(-c2ccccc2)cc1. The molecule has 7 heteroatoms. The van der Waals surface area contributed by atoms with Crippen molar-refractivity contribution in [1.29, 1.82) is 0 Å². The molecule has 1 saturated heterocycles. The molecule has 0 aliphatic carbocycles. The zero-order chi connectivity index (χ0) is 19.4. The van der Waals surface area contributed by atoms with Gasteiger partial charge in [0, 0.05) is 6.54 Å². The quantitative estimate of drug-likeness (QED) is 0.612. The molecule has 1 amide bonds. The van der Waals surface area contributed by atoms with Crippen LogP contribution in [-0.4, -0.2) is 48.0 Å². The molecule has 1 atom stereocenters. The minimum atomic E-state index is -3.89. The number of rotatable bonds is 6. The van der Waals surface area contributed by atoms with Gasteiger partial charge in [-0.3, -0.25) is 10.0 Å². The smallest absolute Gasteiger partial charge is 0.264 e. The van der Waals surface area contributed by atoms with Crippen molar-refractivity contribution in [2.24, 2.45) is 0 Å². The largest absolute Gasteiger partial charge is 0.286 e. The molecule has 27 heavy (non-hydrogen) atoms.